The third-order valence-electron chi connectivity index (χ3n) is 10.0. The topological polar surface area (TPSA) is 74.6 Å². The van der Waals surface area contributed by atoms with Crippen LogP contribution in [0.3, 0.4) is 0 Å². The van der Waals surface area contributed by atoms with Gasteiger partial charge in [0.05, 0.1) is 81.6 Å². The predicted octanol–water partition coefficient (Wildman–Crippen LogP) is 12.6. The maximum atomic E-state index is 8.74. The molecule has 2 N–H and O–H groups in total. The monoisotopic (exact) mass is 821 g/mol. The van der Waals surface area contributed by atoms with Crippen molar-refractivity contribution in [3.63, 3.8) is 0 Å². The highest BCUT2D eigenvalue weighted by Crippen LogP contribution is 2.13. The lowest BCUT2D eigenvalue weighted by Crippen LogP contribution is -2.47. The van der Waals surface area contributed by atoms with Crippen LogP contribution < -0.4 is 0 Å². The van der Waals surface area contributed by atoms with Gasteiger partial charge in [0.1, 0.15) is 0 Å². The summed E-state index contributed by atoms with van der Waals surface area (Å²) in [4.78, 5) is 0. The van der Waals surface area contributed by atoms with Gasteiger partial charge in [-0.1, -0.05) is 142 Å². The molecule has 0 fully saturated rings. The quantitative estimate of drug-likeness (QED) is 0.0430. The maximum Gasteiger partial charge on any atom is 0.394 e. The van der Waals surface area contributed by atoms with Crippen molar-refractivity contribution in [1.82, 2.24) is 0 Å². The molecule has 0 saturated heterocycles. The molecular weight excluding hydrogens is 722 g/mol. The molecule has 7 nitrogen and oxygen atoms in total. The lowest BCUT2D eigenvalue weighted by atomic mass is 10.1. The number of unbranched alkanes of at least 4 members (excludes halogenated alkanes) is 22. The van der Waals surface area contributed by atoms with Crippen LogP contribution in [0.5, 0.6) is 0 Å². The Labute approximate surface area is 334 Å². The molecule has 0 rings (SSSR count). The number of nitrogens with zero attached hydrogens (tertiary/aromatic N) is 3. The van der Waals surface area contributed by atoms with Crippen LogP contribution in [0, 0.1) is 0 Å². The van der Waals surface area contributed by atoms with Crippen LogP contribution >= 0.6 is 17.0 Å². The normalized spacial score (nSPS) is 11.7. The molecular formula is C42H99BrN3O4S+3. The Morgan fingerprint density at radius 2 is 0.510 bits per heavy atom. The molecule has 0 atom stereocenters. The minimum Gasteiger partial charge on any atom is -0.331 e. The van der Waals surface area contributed by atoms with Crippen molar-refractivity contribution in [3.05, 3.63) is 0 Å². The molecule has 0 aliphatic heterocycles. The highest BCUT2D eigenvalue weighted by molar-refractivity contribution is 8.93. The molecule has 0 aromatic heterocycles. The van der Waals surface area contributed by atoms with Gasteiger partial charge in [-0.2, -0.15) is 8.42 Å². The van der Waals surface area contributed by atoms with Crippen molar-refractivity contribution < 1.29 is 31.0 Å². The summed E-state index contributed by atoms with van der Waals surface area (Å²) in [6.07, 6.45) is 34.8. The first-order valence-electron chi connectivity index (χ1n) is 21.5. The van der Waals surface area contributed by atoms with Gasteiger partial charge in [-0.15, -0.1) is 17.0 Å². The second-order valence-corrected chi connectivity index (χ2v) is 17.8. The third kappa shape index (κ3) is 65.5. The van der Waals surface area contributed by atoms with Gasteiger partial charge in [-0.05, 0) is 53.4 Å². The SMILES string of the molecule is Br.CCCCCCCCCCCCCC[N+](C)(C)C.CCCCCCCCCCCCCC[N+](C)(C)C.CC[N+](CC)(CC)CC.O=S(=O)(O)O. The van der Waals surface area contributed by atoms with Crippen LogP contribution in [0.1, 0.15) is 196 Å². The van der Waals surface area contributed by atoms with Crippen molar-refractivity contribution >= 4 is 27.4 Å². The van der Waals surface area contributed by atoms with E-state index in [2.05, 4.69) is 83.8 Å². The van der Waals surface area contributed by atoms with E-state index in [1.807, 2.05) is 0 Å². The van der Waals surface area contributed by atoms with E-state index in [1.54, 1.807) is 0 Å². The van der Waals surface area contributed by atoms with Gasteiger partial charge in [0.25, 0.3) is 0 Å². The van der Waals surface area contributed by atoms with Gasteiger partial charge < -0.3 is 13.4 Å². The van der Waals surface area contributed by atoms with E-state index in [0.29, 0.717) is 0 Å². The first-order chi connectivity index (χ1) is 23.4. The molecule has 51 heavy (non-hydrogen) atoms. The van der Waals surface area contributed by atoms with Crippen LogP contribution in [0.4, 0.5) is 0 Å². The Hall–Kier alpha value is 0.230. The Morgan fingerprint density at radius 1 is 0.353 bits per heavy atom. The van der Waals surface area contributed by atoms with Gasteiger partial charge >= 0.3 is 10.4 Å². The Kier molecular flexibility index (Phi) is 49.1. The van der Waals surface area contributed by atoms with Gasteiger partial charge in [0.15, 0.2) is 0 Å². The van der Waals surface area contributed by atoms with Gasteiger partial charge in [-0.3, -0.25) is 9.11 Å². The largest absolute Gasteiger partial charge is 0.394 e. The molecule has 0 aliphatic rings. The van der Waals surface area contributed by atoms with Crippen LogP contribution in [0.25, 0.3) is 0 Å². The smallest absolute Gasteiger partial charge is 0.331 e. The van der Waals surface area contributed by atoms with Crippen molar-refractivity contribution in [2.45, 2.75) is 196 Å². The van der Waals surface area contributed by atoms with E-state index in [9.17, 15) is 0 Å². The molecule has 0 radical (unpaired) electrons. The minimum atomic E-state index is -4.67. The van der Waals surface area contributed by atoms with Crippen LogP contribution in [0.2, 0.25) is 0 Å². The molecule has 0 aliphatic carbocycles. The number of halogens is 1. The molecule has 316 valence electrons. The summed E-state index contributed by atoms with van der Waals surface area (Å²) in [5.74, 6) is 0. The van der Waals surface area contributed by atoms with Crippen molar-refractivity contribution in [1.29, 1.82) is 0 Å². The Balaban J connectivity index is -0.000000201. The standard InChI is InChI=1S/2C17H38N.C8H20N.BrH.H2O4S/c2*1-5-6-7-8-9-10-11-12-13-14-15-16-17-18(2,3)4;1-5-9(6-2,7-3)8-4;;1-5(2,3)4/h2*5-17H2,1-4H3;5-8H2,1-4H3;1H;(H2,1,2,3,4)/q3*+1;;. The highest BCUT2D eigenvalue weighted by Gasteiger charge is 2.16. The van der Waals surface area contributed by atoms with Crippen LogP contribution in [-0.4, -0.2) is 113 Å². The summed E-state index contributed by atoms with van der Waals surface area (Å²) in [7, 11) is 9.07. The summed E-state index contributed by atoms with van der Waals surface area (Å²) in [6.45, 7) is 21.5. The third-order valence-corrected chi connectivity index (χ3v) is 10.0. The summed E-state index contributed by atoms with van der Waals surface area (Å²) >= 11 is 0. The van der Waals surface area contributed by atoms with E-state index in [0.717, 1.165) is 8.97 Å². The molecule has 0 heterocycles. The Bertz CT molecular complexity index is 689. The van der Waals surface area contributed by atoms with Crippen molar-refractivity contribution in [2.24, 2.45) is 0 Å². The molecule has 0 spiro atoms. The van der Waals surface area contributed by atoms with E-state index < -0.39 is 10.4 Å². The summed E-state index contributed by atoms with van der Waals surface area (Å²) in [5.41, 5.74) is 0. The maximum absolute atomic E-state index is 8.74. The first kappa shape index (κ1) is 60.5. The van der Waals surface area contributed by atoms with E-state index in [4.69, 9.17) is 17.5 Å². The molecule has 0 aromatic carbocycles. The molecule has 0 saturated carbocycles. The number of rotatable bonds is 30. The number of hydrogen-bond donors (Lipinski definition) is 2. The molecule has 0 aromatic rings. The molecule has 9 heteroatoms. The lowest BCUT2D eigenvalue weighted by molar-refractivity contribution is -0.921. The van der Waals surface area contributed by atoms with Gasteiger partial charge in [0.2, 0.25) is 0 Å². The zero-order chi connectivity index (χ0) is 39.2. The highest BCUT2D eigenvalue weighted by atomic mass is 79.9. The fraction of sp³-hybridized carbons (Fsp3) is 1.00. The fourth-order valence-electron chi connectivity index (χ4n) is 6.20. The number of hydrogen-bond acceptors (Lipinski definition) is 2. The average molecular weight is 822 g/mol. The van der Waals surface area contributed by atoms with E-state index >= 15 is 0 Å². The van der Waals surface area contributed by atoms with Crippen molar-refractivity contribution in [3.8, 4) is 0 Å². The molecule has 0 amide bonds. The fourth-order valence-corrected chi connectivity index (χ4v) is 6.20. The van der Waals surface area contributed by atoms with E-state index in [1.165, 1.54) is 198 Å². The second-order valence-electron chi connectivity index (χ2n) is 16.9. The predicted molar refractivity (Wildman–Crippen MR) is 235 cm³/mol. The average Bonchev–Trinajstić information content (AvgIpc) is 3.02. The van der Waals surface area contributed by atoms with Crippen molar-refractivity contribution in [2.75, 3.05) is 81.6 Å². The molecule has 0 unspecified atom stereocenters. The van der Waals surface area contributed by atoms with Crippen LogP contribution in [0.15, 0.2) is 0 Å². The van der Waals surface area contributed by atoms with Crippen LogP contribution in [-0.2, 0) is 10.4 Å². The minimum absolute atomic E-state index is 0. The summed E-state index contributed by atoms with van der Waals surface area (Å²) < 4.78 is 35.1. The summed E-state index contributed by atoms with van der Waals surface area (Å²) in [5, 5.41) is 0. The molecule has 0 bridgehead atoms. The first-order valence-corrected chi connectivity index (χ1v) is 22.9. The van der Waals surface area contributed by atoms with E-state index in [-0.39, 0.29) is 17.0 Å². The summed E-state index contributed by atoms with van der Waals surface area (Å²) in [6, 6.07) is 0. The van der Waals surface area contributed by atoms with Gasteiger partial charge in [-0.25, -0.2) is 0 Å². The Morgan fingerprint density at radius 3 is 0.627 bits per heavy atom. The second kappa shape index (κ2) is 41.4. The zero-order valence-corrected chi connectivity index (χ0v) is 39.6. The zero-order valence-electron chi connectivity index (χ0n) is 37.1. The lowest BCUT2D eigenvalue weighted by Gasteiger charge is -2.34. The number of quaternary nitrogens is 3. The van der Waals surface area contributed by atoms with Gasteiger partial charge in [0, 0.05) is 0 Å².